The third-order valence-electron chi connectivity index (χ3n) is 7.73. The maximum Gasteiger partial charge on any atom is 0.410 e. The molecule has 1 aliphatic heterocycles. The zero-order chi connectivity index (χ0) is 27.4. The minimum atomic E-state index is -4.54. The molecule has 1 aliphatic carbocycles. The standard InChI is InChI=1S/C28H30F3N5OS/c1-15-5-7-16(8-6-15)20-12-23(28(29,30)31)36-24(33-20)13-21(35-36)25(37)34-26-19(14-32)18-10-9-17(27(2,3)4)11-22(18)38-26/h5-8,13,17,20,23,33H,9-12H2,1-4H3,(H,34,37)/t17-,20-,23+/m1/s1. The molecular formula is C28H30F3N5OS. The second kappa shape index (κ2) is 9.45. The van der Waals surface area contributed by atoms with Crippen molar-refractivity contribution >= 4 is 28.1 Å². The highest BCUT2D eigenvalue weighted by Crippen LogP contribution is 2.45. The van der Waals surface area contributed by atoms with Gasteiger partial charge in [-0.05, 0) is 48.6 Å². The first-order valence-corrected chi connectivity index (χ1v) is 13.5. The summed E-state index contributed by atoms with van der Waals surface area (Å²) in [6.07, 6.45) is -2.21. The van der Waals surface area contributed by atoms with E-state index >= 15 is 0 Å². The van der Waals surface area contributed by atoms with Crippen molar-refractivity contribution < 1.29 is 18.0 Å². The van der Waals surface area contributed by atoms with E-state index < -0.39 is 24.2 Å². The van der Waals surface area contributed by atoms with Crippen LogP contribution in [0.25, 0.3) is 0 Å². The number of nitriles is 1. The van der Waals surface area contributed by atoms with Crippen LogP contribution in [0.15, 0.2) is 30.3 Å². The number of nitrogens with one attached hydrogen (secondary N) is 2. The molecule has 0 saturated carbocycles. The van der Waals surface area contributed by atoms with Gasteiger partial charge in [0.15, 0.2) is 11.7 Å². The number of aromatic nitrogens is 2. The van der Waals surface area contributed by atoms with Gasteiger partial charge in [0.1, 0.15) is 16.9 Å². The van der Waals surface area contributed by atoms with Crippen molar-refractivity contribution in [3.05, 3.63) is 63.2 Å². The molecule has 0 bridgehead atoms. The van der Waals surface area contributed by atoms with Gasteiger partial charge in [-0.3, -0.25) is 4.79 Å². The average Bonchev–Trinajstić information content (AvgIpc) is 3.43. The van der Waals surface area contributed by atoms with E-state index in [1.54, 1.807) is 0 Å². The fourth-order valence-electron chi connectivity index (χ4n) is 5.40. The van der Waals surface area contributed by atoms with Gasteiger partial charge in [-0.1, -0.05) is 50.6 Å². The van der Waals surface area contributed by atoms with Crippen molar-refractivity contribution in [1.82, 2.24) is 9.78 Å². The Morgan fingerprint density at radius 2 is 1.95 bits per heavy atom. The topological polar surface area (TPSA) is 82.7 Å². The molecule has 0 spiro atoms. The number of hydrogen-bond donors (Lipinski definition) is 2. The lowest BCUT2D eigenvalue weighted by molar-refractivity contribution is -0.173. The summed E-state index contributed by atoms with van der Waals surface area (Å²) in [5.41, 5.74) is 3.17. The molecule has 2 aromatic heterocycles. The second-order valence-electron chi connectivity index (χ2n) is 11.3. The number of anilines is 2. The van der Waals surface area contributed by atoms with Crippen LogP contribution >= 0.6 is 11.3 Å². The van der Waals surface area contributed by atoms with Crippen molar-refractivity contribution in [2.45, 2.75) is 71.6 Å². The van der Waals surface area contributed by atoms with Crippen molar-refractivity contribution in [2.75, 3.05) is 10.6 Å². The van der Waals surface area contributed by atoms with Crippen molar-refractivity contribution in [1.29, 1.82) is 5.26 Å². The maximum atomic E-state index is 14.1. The minimum Gasteiger partial charge on any atom is -0.363 e. The van der Waals surface area contributed by atoms with Crippen LogP contribution in [0.3, 0.4) is 0 Å². The molecule has 5 rings (SSSR count). The summed E-state index contributed by atoms with van der Waals surface area (Å²) in [5, 5.41) is 20.2. The van der Waals surface area contributed by atoms with E-state index in [1.807, 2.05) is 31.2 Å². The number of thiophene rings is 1. The second-order valence-corrected chi connectivity index (χ2v) is 12.4. The quantitative estimate of drug-likeness (QED) is 0.368. The molecular weight excluding hydrogens is 511 g/mol. The highest BCUT2D eigenvalue weighted by Gasteiger charge is 2.47. The van der Waals surface area contributed by atoms with Crippen LogP contribution < -0.4 is 10.6 Å². The first-order valence-electron chi connectivity index (χ1n) is 12.7. The number of benzene rings is 1. The van der Waals surface area contributed by atoms with Crippen molar-refractivity contribution in [3.63, 3.8) is 0 Å². The van der Waals surface area contributed by atoms with E-state index in [-0.39, 0.29) is 23.3 Å². The van der Waals surface area contributed by atoms with Crippen LogP contribution in [-0.4, -0.2) is 21.9 Å². The Kier molecular flexibility index (Phi) is 6.54. The maximum absolute atomic E-state index is 14.1. The van der Waals surface area contributed by atoms with Gasteiger partial charge in [0.2, 0.25) is 0 Å². The molecule has 0 radical (unpaired) electrons. The number of carbonyl (C=O) groups is 1. The van der Waals surface area contributed by atoms with E-state index in [9.17, 15) is 23.2 Å². The number of halogens is 3. The fourth-order valence-corrected chi connectivity index (χ4v) is 6.67. The molecule has 2 aliphatic rings. The predicted molar refractivity (Wildman–Crippen MR) is 141 cm³/mol. The van der Waals surface area contributed by atoms with Crippen LogP contribution in [0.2, 0.25) is 0 Å². The molecule has 1 aromatic carbocycles. The van der Waals surface area contributed by atoms with E-state index in [0.29, 0.717) is 16.5 Å². The van der Waals surface area contributed by atoms with Crippen LogP contribution in [0.5, 0.6) is 0 Å². The minimum absolute atomic E-state index is 0.130. The summed E-state index contributed by atoms with van der Waals surface area (Å²) in [7, 11) is 0. The van der Waals surface area contributed by atoms with Gasteiger partial charge < -0.3 is 10.6 Å². The Morgan fingerprint density at radius 3 is 2.58 bits per heavy atom. The predicted octanol–water partition coefficient (Wildman–Crippen LogP) is 7.19. The molecule has 6 nitrogen and oxygen atoms in total. The first-order chi connectivity index (χ1) is 17.8. The van der Waals surface area contributed by atoms with Gasteiger partial charge in [0.25, 0.3) is 5.91 Å². The Balaban J connectivity index is 1.42. The zero-order valence-electron chi connectivity index (χ0n) is 21.7. The van der Waals surface area contributed by atoms with E-state index in [4.69, 9.17) is 0 Å². The third-order valence-corrected chi connectivity index (χ3v) is 8.90. The average molecular weight is 542 g/mol. The smallest absolute Gasteiger partial charge is 0.363 e. The van der Waals surface area contributed by atoms with Gasteiger partial charge in [-0.2, -0.15) is 23.5 Å². The van der Waals surface area contributed by atoms with Crippen molar-refractivity contribution in [3.8, 4) is 6.07 Å². The summed E-state index contributed by atoms with van der Waals surface area (Å²) in [6.45, 7) is 8.53. The summed E-state index contributed by atoms with van der Waals surface area (Å²) >= 11 is 1.38. The molecule has 3 atom stereocenters. The molecule has 10 heteroatoms. The number of carbonyl (C=O) groups excluding carboxylic acids is 1. The Morgan fingerprint density at radius 1 is 1.24 bits per heavy atom. The zero-order valence-corrected chi connectivity index (χ0v) is 22.6. The lowest BCUT2D eigenvalue weighted by Gasteiger charge is -2.33. The molecule has 0 saturated heterocycles. The van der Waals surface area contributed by atoms with E-state index in [2.05, 4.69) is 42.6 Å². The SMILES string of the molecule is Cc1ccc([C@H]2C[C@@H](C(F)(F)F)n3nc(C(=O)Nc4sc5c(c4C#N)CC[C@@H](C(C)(C)C)C5)cc3N2)cc1. The highest BCUT2D eigenvalue weighted by atomic mass is 32.1. The number of fused-ring (bicyclic) bond motifs is 2. The summed E-state index contributed by atoms with van der Waals surface area (Å²) < 4.78 is 43.0. The van der Waals surface area contributed by atoms with Gasteiger partial charge in [-0.25, -0.2) is 4.68 Å². The summed E-state index contributed by atoms with van der Waals surface area (Å²) in [6, 6.07) is 8.48. The number of aryl methyl sites for hydroxylation is 1. The fraction of sp³-hybridized carbons (Fsp3) is 0.464. The van der Waals surface area contributed by atoms with Crippen LogP contribution in [-0.2, 0) is 12.8 Å². The van der Waals surface area contributed by atoms with Gasteiger partial charge in [0.05, 0.1) is 11.6 Å². The lowest BCUT2D eigenvalue weighted by atomic mass is 9.72. The number of nitrogens with zero attached hydrogens (tertiary/aromatic N) is 3. The number of hydrogen-bond acceptors (Lipinski definition) is 5. The van der Waals surface area contributed by atoms with Crippen molar-refractivity contribution in [2.24, 2.45) is 11.3 Å². The number of amides is 1. The largest absolute Gasteiger partial charge is 0.410 e. The molecule has 200 valence electrons. The van der Waals surface area contributed by atoms with Crippen LogP contribution in [0.1, 0.15) is 83.3 Å². The third kappa shape index (κ3) is 4.92. The van der Waals surface area contributed by atoms with E-state index in [1.165, 1.54) is 17.4 Å². The molecule has 0 fully saturated rings. The summed E-state index contributed by atoms with van der Waals surface area (Å²) in [4.78, 5) is 14.3. The molecule has 3 aromatic rings. The lowest BCUT2D eigenvalue weighted by Crippen LogP contribution is -2.35. The Labute approximate surface area is 223 Å². The molecule has 38 heavy (non-hydrogen) atoms. The number of alkyl halides is 3. The van der Waals surface area contributed by atoms with E-state index in [0.717, 1.165) is 45.5 Å². The molecule has 0 unspecified atom stereocenters. The summed E-state index contributed by atoms with van der Waals surface area (Å²) in [5.74, 6) is -0.0345. The molecule has 2 N–H and O–H groups in total. The Hall–Kier alpha value is -3.32. The van der Waals surface area contributed by atoms with Crippen LogP contribution in [0.4, 0.5) is 24.0 Å². The Bertz CT molecular complexity index is 1410. The van der Waals surface area contributed by atoms with Gasteiger partial charge in [-0.15, -0.1) is 11.3 Å². The highest BCUT2D eigenvalue weighted by molar-refractivity contribution is 7.16. The first kappa shape index (κ1) is 26.3. The molecule has 3 heterocycles. The number of rotatable bonds is 3. The monoisotopic (exact) mass is 541 g/mol. The molecule has 1 amide bonds. The van der Waals surface area contributed by atoms with Gasteiger partial charge in [0, 0.05) is 17.4 Å². The van der Waals surface area contributed by atoms with Crippen LogP contribution in [0, 0.1) is 29.6 Å². The van der Waals surface area contributed by atoms with Gasteiger partial charge >= 0.3 is 6.18 Å². The normalized spacial score (nSPS) is 21.2.